The maximum absolute atomic E-state index is 5.87. The molecule has 3 heteroatoms. The highest BCUT2D eigenvalue weighted by atomic mass is 16.5. The van der Waals surface area contributed by atoms with Gasteiger partial charge in [-0.15, -0.1) is 0 Å². The highest BCUT2D eigenvalue weighted by molar-refractivity contribution is 5.40. The molecule has 1 heterocycles. The summed E-state index contributed by atoms with van der Waals surface area (Å²) in [5.41, 5.74) is 9.23. The van der Waals surface area contributed by atoms with E-state index in [1.54, 1.807) is 0 Å². The first-order valence-electron chi connectivity index (χ1n) is 7.98. The molecule has 3 rings (SSSR count). The third-order valence-electron chi connectivity index (χ3n) is 4.19. The average molecular weight is 296 g/mol. The van der Waals surface area contributed by atoms with E-state index in [0.29, 0.717) is 12.5 Å². The molecule has 2 aromatic carbocycles. The van der Waals surface area contributed by atoms with Gasteiger partial charge in [-0.25, -0.2) is 0 Å². The fraction of sp³-hybridized carbons (Fsp3) is 0.368. The van der Waals surface area contributed by atoms with Crippen LogP contribution in [0.3, 0.4) is 0 Å². The van der Waals surface area contributed by atoms with Crippen molar-refractivity contribution in [1.82, 2.24) is 4.90 Å². The summed E-state index contributed by atoms with van der Waals surface area (Å²) in [6, 6.07) is 18.6. The highest BCUT2D eigenvalue weighted by Crippen LogP contribution is 2.20. The van der Waals surface area contributed by atoms with E-state index in [1.165, 1.54) is 17.5 Å². The first-order chi connectivity index (χ1) is 10.8. The number of anilines is 1. The minimum atomic E-state index is 0.643. The molecule has 116 valence electrons. The van der Waals surface area contributed by atoms with Crippen LogP contribution in [0, 0.1) is 5.92 Å². The van der Waals surface area contributed by atoms with Gasteiger partial charge in [-0.1, -0.05) is 42.5 Å². The summed E-state index contributed by atoms with van der Waals surface area (Å²) in [5, 5.41) is 0. The van der Waals surface area contributed by atoms with Gasteiger partial charge in [0.15, 0.2) is 0 Å². The van der Waals surface area contributed by atoms with Crippen molar-refractivity contribution in [3.05, 3.63) is 65.7 Å². The molecule has 0 spiro atoms. The molecule has 3 nitrogen and oxygen atoms in total. The zero-order chi connectivity index (χ0) is 15.2. The van der Waals surface area contributed by atoms with E-state index in [0.717, 1.165) is 31.9 Å². The lowest BCUT2D eigenvalue weighted by molar-refractivity contribution is 0.0885. The quantitative estimate of drug-likeness (QED) is 0.831. The third kappa shape index (κ3) is 4.33. The monoisotopic (exact) mass is 296 g/mol. The summed E-state index contributed by atoms with van der Waals surface area (Å²) >= 11 is 0. The second-order valence-corrected chi connectivity index (χ2v) is 6.14. The molecule has 1 aliphatic heterocycles. The Morgan fingerprint density at radius 1 is 1.05 bits per heavy atom. The van der Waals surface area contributed by atoms with Crippen LogP contribution in [0.4, 0.5) is 5.69 Å². The van der Waals surface area contributed by atoms with Gasteiger partial charge in [0.2, 0.25) is 0 Å². The fourth-order valence-corrected chi connectivity index (χ4v) is 3.06. The van der Waals surface area contributed by atoms with Crippen LogP contribution in [0.15, 0.2) is 54.6 Å². The Bertz CT molecular complexity index is 585. The minimum Gasteiger partial charge on any atom is -0.399 e. The number of hydrogen-bond acceptors (Lipinski definition) is 3. The smallest absolute Gasteiger partial charge is 0.0717 e. The van der Waals surface area contributed by atoms with Gasteiger partial charge < -0.3 is 10.5 Å². The van der Waals surface area contributed by atoms with E-state index in [2.05, 4.69) is 41.3 Å². The van der Waals surface area contributed by atoms with Crippen molar-refractivity contribution in [2.75, 3.05) is 25.4 Å². The van der Waals surface area contributed by atoms with Crippen LogP contribution in [0.25, 0.3) is 0 Å². The lowest BCUT2D eigenvalue weighted by Gasteiger charge is -2.16. The van der Waals surface area contributed by atoms with Crippen molar-refractivity contribution >= 4 is 5.69 Å². The zero-order valence-corrected chi connectivity index (χ0v) is 12.9. The molecule has 0 bridgehead atoms. The molecule has 0 saturated carbocycles. The third-order valence-corrected chi connectivity index (χ3v) is 4.19. The number of hydrogen-bond donors (Lipinski definition) is 1. The lowest BCUT2D eigenvalue weighted by Crippen LogP contribution is -2.21. The summed E-state index contributed by atoms with van der Waals surface area (Å²) in [6.07, 6.45) is 1.22. The maximum Gasteiger partial charge on any atom is 0.0717 e. The second-order valence-electron chi connectivity index (χ2n) is 6.14. The predicted octanol–water partition coefficient (Wildman–Crippen LogP) is 3.31. The molecule has 2 N–H and O–H groups in total. The molecule has 22 heavy (non-hydrogen) atoms. The number of rotatable bonds is 6. The number of benzene rings is 2. The molecule has 2 aromatic rings. The SMILES string of the molecule is Nc1cccc(CN2CCC(COCc3ccccc3)C2)c1. The number of nitrogen functional groups attached to an aromatic ring is 1. The molecule has 0 radical (unpaired) electrons. The maximum atomic E-state index is 5.87. The number of nitrogens with two attached hydrogens (primary N) is 1. The van der Waals surface area contributed by atoms with Crippen molar-refractivity contribution in [3.63, 3.8) is 0 Å². The van der Waals surface area contributed by atoms with Crippen molar-refractivity contribution in [1.29, 1.82) is 0 Å². The minimum absolute atomic E-state index is 0.643. The van der Waals surface area contributed by atoms with Crippen LogP contribution in [-0.2, 0) is 17.9 Å². The van der Waals surface area contributed by atoms with Gasteiger partial charge in [0.25, 0.3) is 0 Å². The summed E-state index contributed by atoms with van der Waals surface area (Å²) < 4.78 is 5.87. The van der Waals surface area contributed by atoms with E-state index in [4.69, 9.17) is 10.5 Å². The van der Waals surface area contributed by atoms with Crippen LogP contribution >= 0.6 is 0 Å². The molecule has 0 aliphatic carbocycles. The van der Waals surface area contributed by atoms with Crippen LogP contribution in [0.5, 0.6) is 0 Å². The Kier molecular flexibility index (Phi) is 5.09. The number of nitrogens with zero attached hydrogens (tertiary/aromatic N) is 1. The standard InChI is InChI=1S/C19H24N2O/c20-19-8-4-7-17(11-19)12-21-10-9-18(13-21)15-22-14-16-5-2-1-3-6-16/h1-8,11,18H,9-10,12-15,20H2. The number of ether oxygens (including phenoxy) is 1. The van der Waals surface area contributed by atoms with Gasteiger partial charge in [-0.05, 0) is 42.1 Å². The first-order valence-corrected chi connectivity index (χ1v) is 7.98. The summed E-state index contributed by atoms with van der Waals surface area (Å²) in [5.74, 6) is 0.643. The van der Waals surface area contributed by atoms with Gasteiger partial charge in [0, 0.05) is 18.8 Å². The van der Waals surface area contributed by atoms with E-state index in [1.807, 2.05) is 18.2 Å². The van der Waals surface area contributed by atoms with Crippen molar-refractivity contribution < 1.29 is 4.74 Å². The molecular weight excluding hydrogens is 272 g/mol. The van der Waals surface area contributed by atoms with E-state index in [9.17, 15) is 0 Å². The molecule has 1 unspecified atom stereocenters. The van der Waals surface area contributed by atoms with Crippen LogP contribution in [0.2, 0.25) is 0 Å². The van der Waals surface area contributed by atoms with Crippen molar-refractivity contribution in [3.8, 4) is 0 Å². The van der Waals surface area contributed by atoms with Gasteiger partial charge >= 0.3 is 0 Å². The molecule has 0 aromatic heterocycles. The van der Waals surface area contributed by atoms with Crippen molar-refractivity contribution in [2.45, 2.75) is 19.6 Å². The molecule has 1 atom stereocenters. The summed E-state index contributed by atoms with van der Waals surface area (Å²) in [6.45, 7) is 4.81. The number of likely N-dealkylation sites (tertiary alicyclic amines) is 1. The Balaban J connectivity index is 1.41. The average Bonchev–Trinajstić information content (AvgIpc) is 2.96. The predicted molar refractivity (Wildman–Crippen MR) is 90.3 cm³/mol. The van der Waals surface area contributed by atoms with Crippen molar-refractivity contribution in [2.24, 2.45) is 5.92 Å². The largest absolute Gasteiger partial charge is 0.399 e. The normalized spacial score (nSPS) is 18.6. The zero-order valence-electron chi connectivity index (χ0n) is 12.9. The summed E-state index contributed by atoms with van der Waals surface area (Å²) in [4.78, 5) is 2.49. The van der Waals surface area contributed by atoms with Gasteiger partial charge in [0.1, 0.15) is 0 Å². The van der Waals surface area contributed by atoms with Crippen LogP contribution in [0.1, 0.15) is 17.5 Å². The van der Waals surface area contributed by atoms with Gasteiger partial charge in [0.05, 0.1) is 13.2 Å². The molecule has 1 aliphatic rings. The Morgan fingerprint density at radius 3 is 2.68 bits per heavy atom. The molecular formula is C19H24N2O. The Morgan fingerprint density at radius 2 is 1.86 bits per heavy atom. The topological polar surface area (TPSA) is 38.5 Å². The summed E-state index contributed by atoms with van der Waals surface area (Å²) in [7, 11) is 0. The van der Waals surface area contributed by atoms with Crippen LogP contribution in [-0.4, -0.2) is 24.6 Å². The van der Waals surface area contributed by atoms with Gasteiger partial charge in [-0.3, -0.25) is 4.90 Å². The van der Waals surface area contributed by atoms with Crippen LogP contribution < -0.4 is 5.73 Å². The van der Waals surface area contributed by atoms with Gasteiger partial charge in [-0.2, -0.15) is 0 Å². The first kappa shape index (κ1) is 15.1. The molecule has 0 amide bonds. The van der Waals surface area contributed by atoms with E-state index < -0.39 is 0 Å². The fourth-order valence-electron chi connectivity index (χ4n) is 3.06. The second kappa shape index (κ2) is 7.43. The Hall–Kier alpha value is -1.84. The van der Waals surface area contributed by atoms with E-state index >= 15 is 0 Å². The lowest BCUT2D eigenvalue weighted by atomic mass is 10.1. The highest BCUT2D eigenvalue weighted by Gasteiger charge is 2.22. The van der Waals surface area contributed by atoms with E-state index in [-0.39, 0.29) is 0 Å². The Labute approximate surface area is 132 Å². The molecule has 1 fully saturated rings. The molecule has 1 saturated heterocycles.